The van der Waals surface area contributed by atoms with Gasteiger partial charge >= 0.3 is 0 Å². The molecule has 1 fully saturated rings. The number of amides is 1. The van der Waals surface area contributed by atoms with Crippen LogP contribution in [0.25, 0.3) is 0 Å². The lowest BCUT2D eigenvalue weighted by Crippen LogP contribution is -2.42. The van der Waals surface area contributed by atoms with E-state index >= 15 is 0 Å². The molecule has 11 heavy (non-hydrogen) atoms. The highest BCUT2D eigenvalue weighted by Crippen LogP contribution is 2.21. The summed E-state index contributed by atoms with van der Waals surface area (Å²) in [4.78, 5) is 12.9. The average molecular weight is 157 g/mol. The van der Waals surface area contributed by atoms with Crippen LogP contribution in [0.2, 0.25) is 0 Å². The molecule has 0 saturated carbocycles. The minimum atomic E-state index is -0.457. The number of hydrogen-bond donors (Lipinski definition) is 1. The van der Waals surface area contributed by atoms with Crippen LogP contribution in [-0.2, 0) is 4.79 Å². The Balaban J connectivity index is 2.68. The molecule has 0 aliphatic carbocycles. The predicted octanol–water partition coefficient (Wildman–Crippen LogP) is 0.378. The number of nitrogens with zero attached hydrogens (tertiary/aromatic N) is 1. The largest absolute Gasteiger partial charge is 0.391 e. The molecule has 0 aromatic rings. The van der Waals surface area contributed by atoms with Crippen LogP contribution >= 0.6 is 0 Å². The minimum Gasteiger partial charge on any atom is -0.391 e. The molecule has 0 bridgehead atoms. The summed E-state index contributed by atoms with van der Waals surface area (Å²) in [6.45, 7) is 6.41. The van der Waals surface area contributed by atoms with E-state index in [1.165, 1.54) is 0 Å². The lowest BCUT2D eigenvalue weighted by molar-refractivity contribution is -0.131. The Kier molecular flexibility index (Phi) is 1.92. The highest BCUT2D eigenvalue weighted by molar-refractivity contribution is 5.79. The second-order valence-corrected chi connectivity index (χ2v) is 4.03. The molecule has 64 valence electrons. The Hall–Kier alpha value is -0.570. The van der Waals surface area contributed by atoms with Gasteiger partial charge in [0.05, 0.1) is 12.5 Å². The van der Waals surface area contributed by atoms with Gasteiger partial charge in [0.15, 0.2) is 0 Å². The van der Waals surface area contributed by atoms with Gasteiger partial charge in [-0.15, -0.1) is 0 Å². The zero-order valence-electron chi connectivity index (χ0n) is 7.29. The molecule has 1 aliphatic heterocycles. The Bertz CT molecular complexity index is 171. The van der Waals surface area contributed by atoms with E-state index in [0.717, 1.165) is 0 Å². The number of carbonyl (C=O) groups excluding carboxylic acids is 1. The normalized spacial score (nSPS) is 26.4. The molecule has 3 nitrogen and oxygen atoms in total. The van der Waals surface area contributed by atoms with Crippen molar-refractivity contribution in [2.75, 3.05) is 6.54 Å². The van der Waals surface area contributed by atoms with E-state index in [2.05, 4.69) is 0 Å². The molecular weight excluding hydrogens is 142 g/mol. The van der Waals surface area contributed by atoms with Crippen LogP contribution < -0.4 is 0 Å². The van der Waals surface area contributed by atoms with Gasteiger partial charge in [-0.05, 0) is 20.8 Å². The maximum absolute atomic E-state index is 11.2. The van der Waals surface area contributed by atoms with E-state index in [1.54, 1.807) is 4.90 Å². The number of aliphatic hydroxyl groups excluding tert-OH is 1. The predicted molar refractivity (Wildman–Crippen MR) is 42.1 cm³/mol. The standard InChI is InChI=1S/C8H15NO2/c1-8(2,3)9-5-6(10)4-7(9)11/h6,10H,4-5H2,1-3H3/t6-/m0/s1. The second-order valence-electron chi connectivity index (χ2n) is 4.03. The van der Waals surface area contributed by atoms with E-state index in [4.69, 9.17) is 0 Å². The highest BCUT2D eigenvalue weighted by atomic mass is 16.3. The third-order valence-corrected chi connectivity index (χ3v) is 1.91. The Labute approximate surface area is 67.0 Å². The number of β-amino-alcohol motifs (C(OH)–C–C–N with tert-alkyl or cyclic N) is 1. The van der Waals surface area contributed by atoms with Crippen molar-refractivity contribution in [3.05, 3.63) is 0 Å². The molecule has 1 amide bonds. The molecule has 0 spiro atoms. The van der Waals surface area contributed by atoms with Gasteiger partial charge in [0, 0.05) is 12.1 Å². The lowest BCUT2D eigenvalue weighted by atomic mass is 10.1. The van der Waals surface area contributed by atoms with Crippen molar-refractivity contribution in [2.45, 2.75) is 38.8 Å². The summed E-state index contributed by atoms with van der Waals surface area (Å²) in [6.07, 6.45) is -0.168. The molecule has 1 atom stereocenters. The van der Waals surface area contributed by atoms with Crippen molar-refractivity contribution in [1.82, 2.24) is 4.90 Å². The van der Waals surface area contributed by atoms with Crippen LogP contribution in [-0.4, -0.2) is 34.1 Å². The van der Waals surface area contributed by atoms with E-state index in [9.17, 15) is 9.90 Å². The topological polar surface area (TPSA) is 40.5 Å². The van der Waals surface area contributed by atoms with Crippen LogP contribution in [0, 0.1) is 0 Å². The van der Waals surface area contributed by atoms with Crippen LogP contribution in [0.3, 0.4) is 0 Å². The van der Waals surface area contributed by atoms with Crippen molar-refractivity contribution < 1.29 is 9.90 Å². The van der Waals surface area contributed by atoms with Gasteiger partial charge in [0.25, 0.3) is 0 Å². The minimum absolute atomic E-state index is 0.0602. The molecule has 1 saturated heterocycles. The zero-order valence-corrected chi connectivity index (χ0v) is 7.29. The van der Waals surface area contributed by atoms with Gasteiger partial charge in [0.2, 0.25) is 5.91 Å². The lowest BCUT2D eigenvalue weighted by Gasteiger charge is -2.31. The third kappa shape index (κ3) is 1.71. The maximum atomic E-state index is 11.2. The molecule has 1 aliphatic rings. The first kappa shape index (κ1) is 8.53. The van der Waals surface area contributed by atoms with Gasteiger partial charge in [-0.3, -0.25) is 4.79 Å². The van der Waals surface area contributed by atoms with Crippen molar-refractivity contribution in [3.63, 3.8) is 0 Å². The van der Waals surface area contributed by atoms with Gasteiger partial charge in [-0.25, -0.2) is 0 Å². The molecule has 1 rings (SSSR count). The molecule has 0 unspecified atom stereocenters. The number of carbonyl (C=O) groups is 1. The fraction of sp³-hybridized carbons (Fsp3) is 0.875. The average Bonchev–Trinajstić information content (AvgIpc) is 2.08. The van der Waals surface area contributed by atoms with Crippen molar-refractivity contribution >= 4 is 5.91 Å². The molecule has 0 radical (unpaired) electrons. The van der Waals surface area contributed by atoms with Gasteiger partial charge in [0.1, 0.15) is 0 Å². The Morgan fingerprint density at radius 1 is 1.55 bits per heavy atom. The smallest absolute Gasteiger partial charge is 0.225 e. The molecule has 0 aromatic carbocycles. The quantitative estimate of drug-likeness (QED) is 0.552. The Morgan fingerprint density at radius 2 is 2.09 bits per heavy atom. The van der Waals surface area contributed by atoms with Crippen molar-refractivity contribution in [3.8, 4) is 0 Å². The monoisotopic (exact) mass is 157 g/mol. The number of rotatable bonds is 0. The highest BCUT2D eigenvalue weighted by Gasteiger charge is 2.34. The number of hydrogen-bond acceptors (Lipinski definition) is 2. The fourth-order valence-electron chi connectivity index (χ4n) is 1.34. The van der Waals surface area contributed by atoms with Gasteiger partial charge in [-0.1, -0.05) is 0 Å². The van der Waals surface area contributed by atoms with Crippen LogP contribution in [0.5, 0.6) is 0 Å². The summed E-state index contributed by atoms with van der Waals surface area (Å²) in [5.74, 6) is 0.0602. The van der Waals surface area contributed by atoms with E-state index < -0.39 is 6.10 Å². The molecule has 3 heteroatoms. The van der Waals surface area contributed by atoms with E-state index in [1.807, 2.05) is 20.8 Å². The third-order valence-electron chi connectivity index (χ3n) is 1.91. The van der Waals surface area contributed by atoms with Gasteiger partial charge in [-0.2, -0.15) is 0 Å². The number of likely N-dealkylation sites (tertiary alicyclic amines) is 1. The first-order valence-corrected chi connectivity index (χ1v) is 3.90. The second kappa shape index (κ2) is 2.48. The maximum Gasteiger partial charge on any atom is 0.225 e. The SMILES string of the molecule is CC(C)(C)N1C[C@@H](O)CC1=O. The summed E-state index contributed by atoms with van der Waals surface area (Å²) in [7, 11) is 0. The fourth-order valence-corrected chi connectivity index (χ4v) is 1.34. The van der Waals surface area contributed by atoms with Crippen molar-refractivity contribution in [1.29, 1.82) is 0 Å². The molecule has 1 heterocycles. The first-order valence-electron chi connectivity index (χ1n) is 3.90. The molecule has 1 N–H and O–H groups in total. The van der Waals surface area contributed by atoms with Gasteiger partial charge < -0.3 is 10.0 Å². The van der Waals surface area contributed by atoms with Crippen molar-refractivity contribution in [2.24, 2.45) is 0 Å². The Morgan fingerprint density at radius 3 is 2.27 bits per heavy atom. The first-order chi connectivity index (χ1) is 4.91. The van der Waals surface area contributed by atoms with E-state index in [0.29, 0.717) is 6.54 Å². The summed E-state index contributed by atoms with van der Waals surface area (Å²) < 4.78 is 0. The zero-order chi connectivity index (χ0) is 8.65. The van der Waals surface area contributed by atoms with Crippen LogP contribution in [0.4, 0.5) is 0 Å². The summed E-state index contributed by atoms with van der Waals surface area (Å²) >= 11 is 0. The summed E-state index contributed by atoms with van der Waals surface area (Å²) in [5, 5.41) is 9.17. The van der Waals surface area contributed by atoms with Crippen LogP contribution in [0.15, 0.2) is 0 Å². The summed E-state index contributed by atoms with van der Waals surface area (Å²) in [5.41, 5.74) is -0.144. The summed E-state index contributed by atoms with van der Waals surface area (Å²) in [6, 6.07) is 0. The van der Waals surface area contributed by atoms with Crippen LogP contribution in [0.1, 0.15) is 27.2 Å². The molecule has 0 aromatic heterocycles. The van der Waals surface area contributed by atoms with E-state index in [-0.39, 0.29) is 17.9 Å². The number of aliphatic hydroxyl groups is 1. The molecular formula is C8H15NO2.